The maximum atomic E-state index is 10.8. The summed E-state index contributed by atoms with van der Waals surface area (Å²) in [6.45, 7) is 4.15. The highest BCUT2D eigenvalue weighted by Crippen LogP contribution is 2.36. The average molecular weight is 301 g/mol. The first-order chi connectivity index (χ1) is 11.2. The van der Waals surface area contributed by atoms with Crippen molar-refractivity contribution in [3.63, 3.8) is 0 Å². The molecule has 1 N–H and O–H groups in total. The summed E-state index contributed by atoms with van der Waals surface area (Å²) in [5, 5.41) is 13.2. The summed E-state index contributed by atoms with van der Waals surface area (Å²) in [5.74, 6) is 0.379. The lowest BCUT2D eigenvalue weighted by Gasteiger charge is -2.14. The van der Waals surface area contributed by atoms with E-state index in [-0.39, 0.29) is 0 Å². The second-order valence-electron chi connectivity index (χ2n) is 6.02. The summed E-state index contributed by atoms with van der Waals surface area (Å²) in [5.41, 5.74) is 5.26. The Balaban J connectivity index is 2.19. The highest BCUT2D eigenvalue weighted by atomic mass is 16.3. The fourth-order valence-electron chi connectivity index (χ4n) is 3.46. The molecule has 0 saturated heterocycles. The number of para-hydroxylation sites is 2. The highest BCUT2D eigenvalue weighted by molar-refractivity contribution is 6.09. The Hall–Kier alpha value is -2.74. The number of aryl methyl sites for hydroxylation is 2. The van der Waals surface area contributed by atoms with Crippen LogP contribution in [0.3, 0.4) is 0 Å². The van der Waals surface area contributed by atoms with E-state index in [0.29, 0.717) is 5.75 Å². The van der Waals surface area contributed by atoms with Crippen molar-refractivity contribution in [3.8, 4) is 11.4 Å². The number of hydrogen-bond acceptors (Lipinski definition) is 1. The van der Waals surface area contributed by atoms with Gasteiger partial charge in [0.1, 0.15) is 5.75 Å². The van der Waals surface area contributed by atoms with Crippen LogP contribution in [0.4, 0.5) is 0 Å². The topological polar surface area (TPSA) is 25.2 Å². The molecule has 0 aliphatic rings. The van der Waals surface area contributed by atoms with Crippen molar-refractivity contribution >= 4 is 21.8 Å². The molecule has 0 amide bonds. The molecule has 4 aromatic rings. The average Bonchev–Trinajstić information content (AvgIpc) is 2.91. The number of fused-ring (bicyclic) bond motifs is 3. The zero-order valence-corrected chi connectivity index (χ0v) is 13.4. The van der Waals surface area contributed by atoms with Crippen molar-refractivity contribution in [1.82, 2.24) is 4.57 Å². The lowest BCUT2D eigenvalue weighted by Crippen LogP contribution is -1.98. The quantitative estimate of drug-likeness (QED) is 0.529. The number of aromatic nitrogens is 1. The van der Waals surface area contributed by atoms with Gasteiger partial charge in [-0.2, -0.15) is 0 Å². The van der Waals surface area contributed by atoms with E-state index < -0.39 is 0 Å². The predicted molar refractivity (Wildman–Crippen MR) is 96.6 cm³/mol. The van der Waals surface area contributed by atoms with Gasteiger partial charge in [0.2, 0.25) is 0 Å². The Kier molecular flexibility index (Phi) is 3.12. The Morgan fingerprint density at radius 3 is 2.00 bits per heavy atom. The van der Waals surface area contributed by atoms with E-state index in [4.69, 9.17) is 0 Å². The van der Waals surface area contributed by atoms with Gasteiger partial charge in [0, 0.05) is 10.8 Å². The highest BCUT2D eigenvalue weighted by Gasteiger charge is 2.16. The summed E-state index contributed by atoms with van der Waals surface area (Å²) in [7, 11) is 0. The molecule has 2 heteroatoms. The van der Waals surface area contributed by atoms with Crippen molar-refractivity contribution in [2.75, 3.05) is 0 Å². The number of rotatable bonds is 2. The molecule has 4 rings (SSSR count). The van der Waals surface area contributed by atoms with E-state index in [1.807, 2.05) is 12.1 Å². The van der Waals surface area contributed by atoms with Crippen LogP contribution in [0, 0.1) is 6.92 Å². The van der Waals surface area contributed by atoms with Crippen LogP contribution in [0.5, 0.6) is 5.75 Å². The van der Waals surface area contributed by atoms with Gasteiger partial charge in [-0.1, -0.05) is 49.4 Å². The smallest absolute Gasteiger partial charge is 0.142 e. The molecule has 0 aliphatic carbocycles. The summed E-state index contributed by atoms with van der Waals surface area (Å²) in [4.78, 5) is 0. The fourth-order valence-corrected chi connectivity index (χ4v) is 3.46. The van der Waals surface area contributed by atoms with E-state index in [1.54, 1.807) is 0 Å². The van der Waals surface area contributed by atoms with E-state index in [9.17, 15) is 5.11 Å². The number of nitrogens with zero attached hydrogens (tertiary/aromatic N) is 1. The molecule has 1 aromatic heterocycles. The number of phenols is 1. The van der Waals surface area contributed by atoms with Crippen molar-refractivity contribution in [3.05, 3.63) is 71.8 Å². The van der Waals surface area contributed by atoms with Gasteiger partial charge in [0.25, 0.3) is 0 Å². The fraction of sp³-hybridized carbons (Fsp3) is 0.143. The molecule has 0 saturated carbocycles. The van der Waals surface area contributed by atoms with Gasteiger partial charge < -0.3 is 9.67 Å². The van der Waals surface area contributed by atoms with Crippen LogP contribution in [-0.2, 0) is 6.42 Å². The van der Waals surface area contributed by atoms with E-state index in [1.165, 1.54) is 10.8 Å². The van der Waals surface area contributed by atoms with Crippen LogP contribution in [0.15, 0.2) is 60.7 Å². The summed E-state index contributed by atoms with van der Waals surface area (Å²) < 4.78 is 2.17. The molecule has 0 unspecified atom stereocenters. The van der Waals surface area contributed by atoms with Gasteiger partial charge in [-0.25, -0.2) is 0 Å². The lowest BCUT2D eigenvalue weighted by molar-refractivity contribution is 0.466. The van der Waals surface area contributed by atoms with E-state index >= 15 is 0 Å². The third kappa shape index (κ3) is 2.02. The van der Waals surface area contributed by atoms with Crippen molar-refractivity contribution in [2.45, 2.75) is 20.3 Å². The minimum Gasteiger partial charge on any atom is -0.505 e. The molecule has 3 aromatic carbocycles. The monoisotopic (exact) mass is 301 g/mol. The third-order valence-electron chi connectivity index (χ3n) is 4.51. The summed E-state index contributed by atoms with van der Waals surface area (Å²) in [6.07, 6.45) is 0.817. The Morgan fingerprint density at radius 2 is 1.43 bits per heavy atom. The Morgan fingerprint density at radius 1 is 0.870 bits per heavy atom. The van der Waals surface area contributed by atoms with Crippen LogP contribution in [0.2, 0.25) is 0 Å². The van der Waals surface area contributed by atoms with Crippen molar-refractivity contribution in [1.29, 1.82) is 0 Å². The SMILES string of the molecule is CCc1cc(C)cc(-n2c3ccccc3c3ccccc32)c1O. The molecule has 1 heterocycles. The maximum Gasteiger partial charge on any atom is 0.142 e. The zero-order chi connectivity index (χ0) is 16.0. The number of benzene rings is 3. The minimum absolute atomic E-state index is 0.379. The molecule has 0 radical (unpaired) electrons. The standard InChI is InChI=1S/C21H19NO/c1-3-15-12-14(2)13-20(21(15)23)22-18-10-6-4-8-16(18)17-9-5-7-11-19(17)22/h4-13,23H,3H2,1-2H3. The number of aromatic hydroxyl groups is 1. The minimum atomic E-state index is 0.379. The number of hydrogen-bond donors (Lipinski definition) is 1. The Labute approximate surface area is 135 Å². The van der Waals surface area contributed by atoms with Crippen LogP contribution in [-0.4, -0.2) is 9.67 Å². The molecular weight excluding hydrogens is 282 g/mol. The van der Waals surface area contributed by atoms with Crippen molar-refractivity contribution < 1.29 is 5.11 Å². The second kappa shape index (κ2) is 5.17. The molecule has 0 atom stereocenters. The van der Waals surface area contributed by atoms with Crippen LogP contribution >= 0.6 is 0 Å². The zero-order valence-electron chi connectivity index (χ0n) is 13.4. The van der Waals surface area contributed by atoms with Crippen molar-refractivity contribution in [2.24, 2.45) is 0 Å². The first-order valence-corrected chi connectivity index (χ1v) is 8.01. The molecule has 0 aliphatic heterocycles. The molecule has 2 nitrogen and oxygen atoms in total. The molecule has 0 fully saturated rings. The molecule has 23 heavy (non-hydrogen) atoms. The van der Waals surface area contributed by atoms with Gasteiger partial charge >= 0.3 is 0 Å². The first kappa shape index (κ1) is 13.9. The normalized spacial score (nSPS) is 11.4. The van der Waals surface area contributed by atoms with Crippen LogP contribution in [0.25, 0.3) is 27.5 Å². The van der Waals surface area contributed by atoms with E-state index in [2.05, 4.69) is 66.9 Å². The molecule has 0 spiro atoms. The third-order valence-corrected chi connectivity index (χ3v) is 4.51. The first-order valence-electron chi connectivity index (χ1n) is 8.01. The largest absolute Gasteiger partial charge is 0.505 e. The van der Waals surface area contributed by atoms with E-state index in [0.717, 1.165) is 34.3 Å². The van der Waals surface area contributed by atoms with Gasteiger partial charge in [0.05, 0.1) is 16.7 Å². The molecular formula is C21H19NO. The van der Waals surface area contributed by atoms with Gasteiger partial charge in [-0.3, -0.25) is 0 Å². The van der Waals surface area contributed by atoms with Crippen LogP contribution in [0.1, 0.15) is 18.1 Å². The lowest BCUT2D eigenvalue weighted by atomic mass is 10.1. The van der Waals surface area contributed by atoms with Gasteiger partial charge in [-0.15, -0.1) is 0 Å². The number of phenolic OH excluding ortho intramolecular Hbond substituents is 1. The van der Waals surface area contributed by atoms with Gasteiger partial charge in [0.15, 0.2) is 0 Å². The maximum absolute atomic E-state index is 10.8. The predicted octanol–water partition coefficient (Wildman–Crippen LogP) is 5.36. The molecule has 0 bridgehead atoms. The Bertz CT molecular complexity index is 974. The van der Waals surface area contributed by atoms with Crippen LogP contribution < -0.4 is 0 Å². The van der Waals surface area contributed by atoms with Gasteiger partial charge in [-0.05, 0) is 42.7 Å². The molecule has 114 valence electrons. The second-order valence-corrected chi connectivity index (χ2v) is 6.02. The summed E-state index contributed by atoms with van der Waals surface area (Å²) >= 11 is 0. The summed E-state index contributed by atoms with van der Waals surface area (Å²) in [6, 6.07) is 20.9.